The average Bonchev–Trinajstić information content (AvgIpc) is 3.11. The molecule has 0 unspecified atom stereocenters. The first kappa shape index (κ1) is 16.2. The number of allylic oxidation sites excluding steroid dienone is 1. The molecule has 2 atom stereocenters. The van der Waals surface area contributed by atoms with Gasteiger partial charge in [0.2, 0.25) is 0 Å². The molecule has 1 aliphatic rings. The molecule has 0 saturated carbocycles. The van der Waals surface area contributed by atoms with E-state index in [1.807, 2.05) is 10.6 Å². The Bertz CT molecular complexity index is 794. The van der Waals surface area contributed by atoms with E-state index in [-0.39, 0.29) is 6.04 Å². The fraction of sp³-hybridized carbons (Fsp3) is 0.467. The molecule has 9 heteroatoms. The molecule has 1 aliphatic carbocycles. The number of hydrogen-bond donors (Lipinski definition) is 2. The van der Waals surface area contributed by atoms with Crippen molar-refractivity contribution in [3.63, 3.8) is 0 Å². The summed E-state index contributed by atoms with van der Waals surface area (Å²) >= 11 is 0. The molecular weight excluding hydrogens is 312 g/mol. The largest absolute Gasteiger partial charge is 0.442 e. The van der Waals surface area contributed by atoms with Gasteiger partial charge in [-0.15, -0.1) is 0 Å². The van der Waals surface area contributed by atoms with Gasteiger partial charge in [0.1, 0.15) is 17.4 Å². The van der Waals surface area contributed by atoms with E-state index in [2.05, 4.69) is 15.0 Å². The summed E-state index contributed by atoms with van der Waals surface area (Å²) in [6.45, 7) is 5.23. The lowest BCUT2D eigenvalue weighted by Gasteiger charge is -2.26. The van der Waals surface area contributed by atoms with Crippen LogP contribution in [0.5, 0.6) is 0 Å². The Morgan fingerprint density at radius 3 is 2.83 bits per heavy atom. The van der Waals surface area contributed by atoms with Gasteiger partial charge < -0.3 is 15.0 Å². The second-order valence-electron chi connectivity index (χ2n) is 6.66. The third kappa shape index (κ3) is 3.02. The molecule has 24 heavy (non-hydrogen) atoms. The van der Waals surface area contributed by atoms with Crippen LogP contribution in [0.25, 0.3) is 11.2 Å². The van der Waals surface area contributed by atoms with Gasteiger partial charge in [-0.25, -0.2) is 19.7 Å². The van der Waals surface area contributed by atoms with Crippen molar-refractivity contribution < 1.29 is 14.7 Å². The molecule has 128 valence electrons. The molecule has 0 fully saturated rings. The maximum Gasteiger partial charge on any atom is 0.434 e. The number of ether oxygens (including phenoxy) is 1. The summed E-state index contributed by atoms with van der Waals surface area (Å²) in [5.74, 6) is 0.315. The Balaban J connectivity index is 1.75. The number of fused-ring (bicyclic) bond motifs is 1. The van der Waals surface area contributed by atoms with Crippen molar-refractivity contribution in [1.82, 2.24) is 24.6 Å². The van der Waals surface area contributed by atoms with Gasteiger partial charge in [-0.2, -0.15) is 5.06 Å². The first-order valence-corrected chi connectivity index (χ1v) is 7.58. The van der Waals surface area contributed by atoms with Crippen LogP contribution in [0.15, 0.2) is 24.8 Å². The maximum atomic E-state index is 12.0. The Hall–Kier alpha value is -2.68. The van der Waals surface area contributed by atoms with Crippen LogP contribution in [-0.2, 0) is 4.74 Å². The minimum absolute atomic E-state index is 0.105. The first-order valence-electron chi connectivity index (χ1n) is 7.58. The zero-order valence-corrected chi connectivity index (χ0v) is 13.7. The minimum Gasteiger partial charge on any atom is -0.442 e. The lowest BCUT2D eigenvalue weighted by atomic mass is 10.2. The number of amides is 1. The van der Waals surface area contributed by atoms with Crippen LogP contribution in [0.4, 0.5) is 10.6 Å². The van der Waals surface area contributed by atoms with E-state index in [4.69, 9.17) is 10.5 Å². The smallest absolute Gasteiger partial charge is 0.434 e. The summed E-state index contributed by atoms with van der Waals surface area (Å²) in [6, 6.07) is -0.590. The number of imidazole rings is 1. The van der Waals surface area contributed by atoms with Crippen LogP contribution < -0.4 is 5.73 Å². The highest BCUT2D eigenvalue weighted by Gasteiger charge is 2.31. The van der Waals surface area contributed by atoms with Crippen LogP contribution in [-0.4, -0.2) is 47.5 Å². The van der Waals surface area contributed by atoms with Crippen molar-refractivity contribution in [3.05, 3.63) is 24.8 Å². The van der Waals surface area contributed by atoms with Crippen molar-refractivity contribution >= 4 is 23.1 Å². The molecular formula is C15H20N6O3. The highest BCUT2D eigenvalue weighted by molar-refractivity contribution is 5.81. The van der Waals surface area contributed by atoms with Crippen LogP contribution in [0.1, 0.15) is 33.2 Å². The van der Waals surface area contributed by atoms with E-state index in [0.717, 1.165) is 0 Å². The summed E-state index contributed by atoms with van der Waals surface area (Å²) < 4.78 is 7.01. The van der Waals surface area contributed by atoms with E-state index in [0.29, 0.717) is 28.5 Å². The Kier molecular flexibility index (Phi) is 3.88. The Labute approximate surface area is 138 Å². The predicted molar refractivity (Wildman–Crippen MR) is 86.2 cm³/mol. The zero-order chi connectivity index (χ0) is 17.5. The van der Waals surface area contributed by atoms with Crippen molar-refractivity contribution in [3.8, 4) is 0 Å². The van der Waals surface area contributed by atoms with Gasteiger partial charge in [-0.1, -0.05) is 12.2 Å². The fourth-order valence-corrected chi connectivity index (χ4v) is 2.61. The summed E-state index contributed by atoms with van der Waals surface area (Å²) in [4.78, 5) is 24.3. The molecule has 0 bridgehead atoms. The molecule has 0 spiro atoms. The highest BCUT2D eigenvalue weighted by atomic mass is 16.6. The molecule has 0 aromatic carbocycles. The van der Waals surface area contributed by atoms with E-state index in [1.165, 1.54) is 6.33 Å². The van der Waals surface area contributed by atoms with Crippen LogP contribution in [0, 0.1) is 0 Å². The SMILES string of the molecule is CC(C)(C)OC(=O)N(O)[C@@H]1C=C[C@H](n2cnc3c(N)ncnc32)C1. The Morgan fingerprint density at radius 1 is 1.38 bits per heavy atom. The lowest BCUT2D eigenvalue weighted by Crippen LogP contribution is -2.40. The lowest BCUT2D eigenvalue weighted by molar-refractivity contribution is -0.110. The maximum absolute atomic E-state index is 12.0. The van der Waals surface area contributed by atoms with Gasteiger partial charge in [0, 0.05) is 0 Å². The van der Waals surface area contributed by atoms with E-state index >= 15 is 0 Å². The van der Waals surface area contributed by atoms with Gasteiger partial charge in [-0.05, 0) is 27.2 Å². The van der Waals surface area contributed by atoms with E-state index in [1.54, 1.807) is 33.2 Å². The van der Waals surface area contributed by atoms with E-state index in [9.17, 15) is 10.0 Å². The number of carbonyl (C=O) groups excluding carboxylic acids is 1. The summed E-state index contributed by atoms with van der Waals surface area (Å²) in [6.07, 6.45) is 6.35. The number of nitrogen functional groups attached to an aromatic ring is 1. The standard InChI is InChI=1S/C15H20N6O3/c1-15(2,3)24-14(22)21(23)10-5-4-9(6-10)20-8-19-11-12(16)17-7-18-13(11)20/h4-5,7-10,23H,6H2,1-3H3,(H2,16,17,18)/t9-,10+/m0/s1. The number of anilines is 1. The monoisotopic (exact) mass is 332 g/mol. The molecule has 3 rings (SSSR count). The van der Waals surface area contributed by atoms with Gasteiger partial charge in [0.15, 0.2) is 11.5 Å². The average molecular weight is 332 g/mol. The zero-order valence-electron chi connectivity index (χ0n) is 13.7. The molecule has 2 aromatic heterocycles. The normalized spacial score (nSPS) is 20.5. The van der Waals surface area contributed by atoms with Crippen LogP contribution >= 0.6 is 0 Å². The Morgan fingerprint density at radius 2 is 2.12 bits per heavy atom. The molecule has 9 nitrogen and oxygen atoms in total. The number of carbonyl (C=O) groups is 1. The molecule has 0 aliphatic heterocycles. The predicted octanol–water partition coefficient (Wildman–Crippen LogP) is 1.90. The number of hydrogen-bond acceptors (Lipinski definition) is 7. The van der Waals surface area contributed by atoms with Crippen LogP contribution in [0.2, 0.25) is 0 Å². The third-order valence-corrected chi connectivity index (χ3v) is 3.68. The van der Waals surface area contributed by atoms with E-state index < -0.39 is 17.7 Å². The summed E-state index contributed by atoms with van der Waals surface area (Å²) in [5.41, 5.74) is 6.26. The topological polar surface area (TPSA) is 119 Å². The van der Waals surface area contributed by atoms with Crippen molar-refractivity contribution in [2.75, 3.05) is 5.73 Å². The second-order valence-corrected chi connectivity index (χ2v) is 6.66. The first-order chi connectivity index (χ1) is 11.3. The number of hydroxylamine groups is 2. The number of rotatable bonds is 2. The van der Waals surface area contributed by atoms with Crippen molar-refractivity contribution in [2.24, 2.45) is 0 Å². The third-order valence-electron chi connectivity index (χ3n) is 3.68. The number of nitrogens with two attached hydrogens (primary N) is 1. The van der Waals surface area contributed by atoms with Gasteiger partial charge in [0.05, 0.1) is 18.4 Å². The minimum atomic E-state index is -0.778. The summed E-state index contributed by atoms with van der Waals surface area (Å²) in [5, 5.41) is 10.7. The van der Waals surface area contributed by atoms with Gasteiger partial charge in [-0.3, -0.25) is 5.21 Å². The quantitative estimate of drug-likeness (QED) is 0.489. The van der Waals surface area contributed by atoms with Gasteiger partial charge >= 0.3 is 6.09 Å². The highest BCUT2D eigenvalue weighted by Crippen LogP contribution is 2.29. The second kappa shape index (κ2) is 5.75. The van der Waals surface area contributed by atoms with Gasteiger partial charge in [0.25, 0.3) is 0 Å². The molecule has 3 N–H and O–H groups in total. The summed E-state index contributed by atoms with van der Waals surface area (Å²) in [7, 11) is 0. The van der Waals surface area contributed by atoms with Crippen molar-refractivity contribution in [2.45, 2.75) is 44.9 Å². The number of aromatic nitrogens is 4. The number of nitrogens with zero attached hydrogens (tertiary/aromatic N) is 5. The molecule has 0 saturated heterocycles. The van der Waals surface area contributed by atoms with Crippen LogP contribution in [0.3, 0.4) is 0 Å². The molecule has 2 heterocycles. The molecule has 1 amide bonds. The fourth-order valence-electron chi connectivity index (χ4n) is 2.61. The van der Waals surface area contributed by atoms with Crippen molar-refractivity contribution in [1.29, 1.82) is 0 Å². The molecule has 2 aromatic rings. The molecule has 0 radical (unpaired) electrons.